The molecule has 0 aliphatic rings. The van der Waals surface area contributed by atoms with Gasteiger partial charge in [-0.05, 0) is 54.1 Å². The molecule has 0 bridgehead atoms. The van der Waals surface area contributed by atoms with Gasteiger partial charge in [-0.25, -0.2) is 13.8 Å². The number of nitrogens with zero attached hydrogens (tertiary/aromatic N) is 2. The highest BCUT2D eigenvalue weighted by molar-refractivity contribution is 7.89. The standard InChI is InChI=1S/C22H16Cl5N3O3S/c23-15-5-7-16(8-6-15)34(32,33)30(12-17-18(24)2-1-3-19(17)25)13-22(31)29-28-11-14-4-9-20(26)21(27)10-14/h1-11H,12-13H2,(H,29,31)/b28-11-. The highest BCUT2D eigenvalue weighted by Crippen LogP contribution is 2.28. The lowest BCUT2D eigenvalue weighted by Crippen LogP contribution is -2.39. The third kappa shape index (κ3) is 6.86. The predicted molar refractivity (Wildman–Crippen MR) is 138 cm³/mol. The molecular weight excluding hydrogens is 564 g/mol. The topological polar surface area (TPSA) is 78.8 Å². The molecular formula is C22H16Cl5N3O3S. The summed E-state index contributed by atoms with van der Waals surface area (Å²) in [5.41, 5.74) is 3.25. The fourth-order valence-electron chi connectivity index (χ4n) is 2.81. The molecule has 1 N–H and O–H groups in total. The summed E-state index contributed by atoms with van der Waals surface area (Å²) in [6, 6.07) is 15.2. The number of sulfonamides is 1. The SMILES string of the molecule is O=C(CN(Cc1c(Cl)cccc1Cl)S(=O)(=O)c1ccc(Cl)cc1)N/N=C\c1ccc(Cl)c(Cl)c1. The van der Waals surface area contributed by atoms with Crippen molar-refractivity contribution in [2.45, 2.75) is 11.4 Å². The summed E-state index contributed by atoms with van der Waals surface area (Å²) in [4.78, 5) is 12.5. The highest BCUT2D eigenvalue weighted by atomic mass is 35.5. The number of amides is 1. The average molecular weight is 580 g/mol. The molecule has 0 fully saturated rings. The summed E-state index contributed by atoms with van der Waals surface area (Å²) in [6.45, 7) is -0.793. The lowest BCUT2D eigenvalue weighted by atomic mass is 10.2. The van der Waals surface area contributed by atoms with E-state index in [0.29, 0.717) is 26.2 Å². The maximum absolute atomic E-state index is 13.3. The van der Waals surface area contributed by atoms with Crippen molar-refractivity contribution in [3.05, 3.63) is 96.9 Å². The minimum atomic E-state index is -4.12. The van der Waals surface area contributed by atoms with Crippen LogP contribution >= 0.6 is 58.0 Å². The molecule has 0 unspecified atom stereocenters. The van der Waals surface area contributed by atoms with E-state index in [9.17, 15) is 13.2 Å². The summed E-state index contributed by atoms with van der Waals surface area (Å²) >= 11 is 30.2. The van der Waals surface area contributed by atoms with Crippen molar-refractivity contribution in [3.63, 3.8) is 0 Å². The summed E-state index contributed by atoms with van der Waals surface area (Å²) in [6.07, 6.45) is 1.35. The molecule has 0 heterocycles. The molecule has 178 valence electrons. The average Bonchev–Trinajstić information content (AvgIpc) is 2.78. The molecule has 3 aromatic carbocycles. The molecule has 34 heavy (non-hydrogen) atoms. The molecule has 0 radical (unpaired) electrons. The van der Waals surface area contributed by atoms with Gasteiger partial charge in [0.2, 0.25) is 10.0 Å². The van der Waals surface area contributed by atoms with E-state index in [1.165, 1.54) is 30.5 Å². The Hall–Kier alpha value is -1.84. The number of halogens is 5. The highest BCUT2D eigenvalue weighted by Gasteiger charge is 2.28. The van der Waals surface area contributed by atoms with Gasteiger partial charge in [-0.1, -0.05) is 70.1 Å². The van der Waals surface area contributed by atoms with Crippen LogP contribution in [0.4, 0.5) is 0 Å². The molecule has 0 aliphatic heterocycles. The minimum absolute atomic E-state index is 0.0489. The van der Waals surface area contributed by atoms with Gasteiger partial charge in [-0.2, -0.15) is 9.41 Å². The fourth-order valence-corrected chi connectivity index (χ4v) is 5.12. The molecule has 0 aromatic heterocycles. The zero-order chi connectivity index (χ0) is 24.9. The first-order chi connectivity index (χ1) is 16.1. The van der Waals surface area contributed by atoms with Crippen LogP contribution in [-0.4, -0.2) is 31.4 Å². The zero-order valence-corrected chi connectivity index (χ0v) is 21.8. The van der Waals surface area contributed by atoms with Gasteiger partial charge in [0, 0.05) is 27.2 Å². The molecule has 3 rings (SSSR count). The van der Waals surface area contributed by atoms with E-state index in [1.54, 1.807) is 36.4 Å². The Kier molecular flexibility index (Phi) is 9.23. The molecule has 0 spiro atoms. The molecule has 3 aromatic rings. The third-order valence-corrected chi connectivity index (χ3v) is 8.02. The van der Waals surface area contributed by atoms with Gasteiger partial charge >= 0.3 is 0 Å². The first kappa shape index (κ1) is 26.8. The second-order valence-electron chi connectivity index (χ2n) is 6.89. The number of benzene rings is 3. The van der Waals surface area contributed by atoms with Crippen molar-refractivity contribution in [1.82, 2.24) is 9.73 Å². The van der Waals surface area contributed by atoms with Crippen molar-refractivity contribution in [1.29, 1.82) is 0 Å². The number of hydrogen-bond donors (Lipinski definition) is 1. The largest absolute Gasteiger partial charge is 0.272 e. The monoisotopic (exact) mass is 577 g/mol. The normalized spacial score (nSPS) is 11.8. The van der Waals surface area contributed by atoms with Crippen molar-refractivity contribution in [2.75, 3.05) is 6.54 Å². The summed E-state index contributed by atoms with van der Waals surface area (Å²) in [5, 5.41) is 5.46. The Bertz CT molecular complexity index is 1310. The quantitative estimate of drug-likeness (QED) is 0.252. The van der Waals surface area contributed by atoms with E-state index in [1.807, 2.05) is 0 Å². The first-order valence-electron chi connectivity index (χ1n) is 9.53. The van der Waals surface area contributed by atoms with Crippen LogP contribution in [0.2, 0.25) is 25.1 Å². The number of hydrogen-bond acceptors (Lipinski definition) is 4. The van der Waals surface area contributed by atoms with Crippen molar-refractivity contribution in [3.8, 4) is 0 Å². The van der Waals surface area contributed by atoms with Crippen LogP contribution in [0.15, 0.2) is 70.7 Å². The van der Waals surface area contributed by atoms with Gasteiger partial charge in [0.05, 0.1) is 27.7 Å². The summed E-state index contributed by atoms with van der Waals surface area (Å²) < 4.78 is 27.6. The third-order valence-electron chi connectivity index (χ3n) is 4.51. The molecule has 0 atom stereocenters. The number of hydrazone groups is 1. The Morgan fingerprint density at radius 3 is 2.15 bits per heavy atom. The molecule has 6 nitrogen and oxygen atoms in total. The number of carbonyl (C=O) groups is 1. The van der Waals surface area contributed by atoms with Crippen LogP contribution < -0.4 is 5.43 Å². The maximum Gasteiger partial charge on any atom is 0.255 e. The zero-order valence-electron chi connectivity index (χ0n) is 17.2. The Balaban J connectivity index is 1.84. The second-order valence-corrected chi connectivity index (χ2v) is 10.9. The maximum atomic E-state index is 13.3. The lowest BCUT2D eigenvalue weighted by molar-refractivity contribution is -0.121. The molecule has 1 amide bonds. The van der Waals surface area contributed by atoms with Gasteiger partial charge in [0.1, 0.15) is 0 Å². The van der Waals surface area contributed by atoms with Gasteiger partial charge in [-0.15, -0.1) is 0 Å². The predicted octanol–water partition coefficient (Wildman–Crippen LogP) is 6.29. The molecule has 12 heteroatoms. The van der Waals surface area contributed by atoms with E-state index in [2.05, 4.69) is 10.5 Å². The van der Waals surface area contributed by atoms with Crippen LogP contribution in [0, 0.1) is 0 Å². The fraction of sp³-hybridized carbons (Fsp3) is 0.0909. The van der Waals surface area contributed by atoms with E-state index in [4.69, 9.17) is 58.0 Å². The minimum Gasteiger partial charge on any atom is -0.272 e. The van der Waals surface area contributed by atoms with Crippen LogP contribution in [0.5, 0.6) is 0 Å². The van der Waals surface area contributed by atoms with Crippen LogP contribution in [-0.2, 0) is 21.4 Å². The number of carbonyl (C=O) groups excluding carboxylic acids is 1. The number of rotatable bonds is 8. The van der Waals surface area contributed by atoms with Gasteiger partial charge in [0.25, 0.3) is 5.91 Å². The summed E-state index contributed by atoms with van der Waals surface area (Å²) in [5.74, 6) is -0.683. The van der Waals surface area contributed by atoms with Crippen molar-refractivity contribution >= 4 is 80.1 Å². The molecule has 0 saturated heterocycles. The Labute approximate surface area is 222 Å². The van der Waals surface area contributed by atoms with Gasteiger partial charge in [-0.3, -0.25) is 4.79 Å². The molecule has 0 saturated carbocycles. The van der Waals surface area contributed by atoms with E-state index < -0.39 is 22.5 Å². The lowest BCUT2D eigenvalue weighted by Gasteiger charge is -2.22. The van der Waals surface area contributed by atoms with Crippen LogP contribution in [0.1, 0.15) is 11.1 Å². The first-order valence-corrected chi connectivity index (χ1v) is 12.9. The van der Waals surface area contributed by atoms with Crippen LogP contribution in [0.3, 0.4) is 0 Å². The Morgan fingerprint density at radius 2 is 1.53 bits per heavy atom. The van der Waals surface area contributed by atoms with Crippen LogP contribution in [0.25, 0.3) is 0 Å². The van der Waals surface area contributed by atoms with E-state index in [0.717, 1.165) is 4.31 Å². The second kappa shape index (κ2) is 11.7. The number of nitrogens with one attached hydrogen (secondary N) is 1. The van der Waals surface area contributed by atoms with Gasteiger partial charge in [0.15, 0.2) is 0 Å². The van der Waals surface area contributed by atoms with Crippen molar-refractivity contribution in [2.24, 2.45) is 5.10 Å². The Morgan fingerprint density at radius 1 is 0.882 bits per heavy atom. The van der Waals surface area contributed by atoms with Crippen molar-refractivity contribution < 1.29 is 13.2 Å². The van der Waals surface area contributed by atoms with E-state index >= 15 is 0 Å². The van der Waals surface area contributed by atoms with E-state index in [-0.39, 0.29) is 21.5 Å². The van der Waals surface area contributed by atoms with Gasteiger partial charge < -0.3 is 0 Å². The summed E-state index contributed by atoms with van der Waals surface area (Å²) in [7, 11) is -4.12. The smallest absolute Gasteiger partial charge is 0.255 e. The molecule has 0 aliphatic carbocycles.